The van der Waals surface area contributed by atoms with E-state index in [9.17, 15) is 13.2 Å². The van der Waals surface area contributed by atoms with Gasteiger partial charge in [0.15, 0.2) is 6.29 Å². The van der Waals surface area contributed by atoms with Crippen molar-refractivity contribution in [3.8, 4) is 0 Å². The predicted molar refractivity (Wildman–Crippen MR) is 47.6 cm³/mol. The number of carbonyl (C=O) groups is 1. The Morgan fingerprint density at radius 3 is 2.00 bits per heavy atom. The molecule has 0 aliphatic carbocycles. The number of hydrogen-bond acceptors (Lipinski definition) is 8. The van der Waals surface area contributed by atoms with Crippen molar-refractivity contribution in [2.24, 2.45) is 0 Å². The zero-order chi connectivity index (χ0) is 12.9. The van der Waals surface area contributed by atoms with E-state index in [0.29, 0.717) is 0 Å². The van der Waals surface area contributed by atoms with Crippen LogP contribution < -0.4 is 0 Å². The van der Waals surface area contributed by atoms with Crippen LogP contribution in [0.5, 0.6) is 0 Å². The van der Waals surface area contributed by atoms with E-state index in [1.54, 1.807) is 0 Å². The lowest BCUT2D eigenvalue weighted by molar-refractivity contribution is -0.135. The van der Waals surface area contributed by atoms with Gasteiger partial charge in [0.05, 0.1) is 6.61 Å². The Morgan fingerprint density at radius 2 is 1.62 bits per heavy atom. The fourth-order valence-corrected chi connectivity index (χ4v) is 1.08. The molecule has 5 N–H and O–H groups in total. The van der Waals surface area contributed by atoms with Crippen molar-refractivity contribution in [3.63, 3.8) is 0 Å². The summed E-state index contributed by atoms with van der Waals surface area (Å²) in [6.45, 7) is -1.04. The molecule has 16 heavy (non-hydrogen) atoms. The number of aliphatic hydroxyl groups excluding tert-OH is 4. The van der Waals surface area contributed by atoms with E-state index in [2.05, 4.69) is 4.18 Å². The fraction of sp³-hybridized carbons (Fsp3) is 0.833. The van der Waals surface area contributed by atoms with Gasteiger partial charge in [0.2, 0.25) is 0 Å². The summed E-state index contributed by atoms with van der Waals surface area (Å²) >= 11 is 0. The Hall–Kier alpha value is -0.620. The Balaban J connectivity index is 4.27. The van der Waals surface area contributed by atoms with Gasteiger partial charge in [-0.05, 0) is 0 Å². The van der Waals surface area contributed by atoms with E-state index >= 15 is 0 Å². The SMILES string of the molecule is O=C[C@H](O)[C@@H](O)[C@@H](O)[C@H](O)COS(=O)(=O)O. The Labute approximate surface area is 90.9 Å². The number of aliphatic hydroxyl groups is 4. The van der Waals surface area contributed by atoms with Gasteiger partial charge in [-0.15, -0.1) is 0 Å². The van der Waals surface area contributed by atoms with Gasteiger partial charge < -0.3 is 25.2 Å². The van der Waals surface area contributed by atoms with Gasteiger partial charge in [-0.2, -0.15) is 8.42 Å². The molecule has 0 radical (unpaired) electrons. The maximum atomic E-state index is 10.1. The molecule has 0 heterocycles. The van der Waals surface area contributed by atoms with Crippen molar-refractivity contribution in [2.45, 2.75) is 24.4 Å². The van der Waals surface area contributed by atoms with E-state index in [0.717, 1.165) is 0 Å². The Morgan fingerprint density at radius 1 is 1.12 bits per heavy atom. The van der Waals surface area contributed by atoms with Crippen molar-refractivity contribution in [3.05, 3.63) is 0 Å². The number of aldehydes is 1. The summed E-state index contributed by atoms with van der Waals surface area (Å²) in [5.41, 5.74) is 0. The largest absolute Gasteiger partial charge is 0.397 e. The summed E-state index contributed by atoms with van der Waals surface area (Å²) in [4.78, 5) is 10.0. The lowest BCUT2D eigenvalue weighted by Crippen LogP contribution is -2.46. The first kappa shape index (κ1) is 15.4. The Bertz CT molecular complexity index is 312. The second kappa shape index (κ2) is 6.20. The van der Waals surface area contributed by atoms with E-state index < -0.39 is 41.4 Å². The third-order valence-electron chi connectivity index (χ3n) is 1.62. The van der Waals surface area contributed by atoms with Crippen molar-refractivity contribution >= 4 is 16.7 Å². The lowest BCUT2D eigenvalue weighted by Gasteiger charge is -2.23. The van der Waals surface area contributed by atoms with Gasteiger partial charge >= 0.3 is 10.4 Å². The predicted octanol–water partition coefficient (Wildman–Crippen LogP) is -3.55. The summed E-state index contributed by atoms with van der Waals surface area (Å²) in [5.74, 6) is 0. The molecule has 10 heteroatoms. The van der Waals surface area contributed by atoms with Crippen LogP contribution in [0.25, 0.3) is 0 Å². The van der Waals surface area contributed by atoms with Gasteiger partial charge in [-0.1, -0.05) is 0 Å². The quantitative estimate of drug-likeness (QED) is 0.230. The highest BCUT2D eigenvalue weighted by Crippen LogP contribution is 2.05. The molecule has 0 bridgehead atoms. The Kier molecular flexibility index (Phi) is 5.96. The average molecular weight is 260 g/mol. The van der Waals surface area contributed by atoms with Gasteiger partial charge in [-0.25, -0.2) is 4.18 Å². The third-order valence-corrected chi connectivity index (χ3v) is 2.06. The summed E-state index contributed by atoms with van der Waals surface area (Å²) < 4.78 is 32.0. The molecule has 96 valence electrons. The van der Waals surface area contributed by atoms with Crippen LogP contribution in [-0.4, -0.2) is 70.7 Å². The molecule has 0 amide bonds. The number of rotatable bonds is 7. The van der Waals surface area contributed by atoms with Gasteiger partial charge in [0, 0.05) is 0 Å². The minimum atomic E-state index is -4.79. The zero-order valence-electron chi connectivity index (χ0n) is 7.87. The van der Waals surface area contributed by atoms with Crippen LogP contribution in [0.1, 0.15) is 0 Å². The van der Waals surface area contributed by atoms with Crippen LogP contribution in [0.4, 0.5) is 0 Å². The minimum absolute atomic E-state index is 0.0791. The molecule has 0 rings (SSSR count). The smallest absolute Gasteiger partial charge is 0.388 e. The standard InChI is InChI=1S/C6H12O9S/c7-1-3(8)5(10)6(11)4(9)2-15-16(12,13)14/h1,3-6,8-11H,2H2,(H,12,13,14)/t3-,4+,5+,6-/m0/s1. The van der Waals surface area contributed by atoms with Gasteiger partial charge in [-0.3, -0.25) is 4.55 Å². The molecule has 0 unspecified atom stereocenters. The summed E-state index contributed by atoms with van der Waals surface area (Å²) in [6, 6.07) is 0. The van der Waals surface area contributed by atoms with Crippen molar-refractivity contribution in [1.82, 2.24) is 0 Å². The van der Waals surface area contributed by atoms with Crippen LogP contribution >= 0.6 is 0 Å². The molecule has 4 atom stereocenters. The van der Waals surface area contributed by atoms with Crippen molar-refractivity contribution in [2.75, 3.05) is 6.61 Å². The average Bonchev–Trinajstić information content (AvgIpc) is 2.21. The van der Waals surface area contributed by atoms with Crippen molar-refractivity contribution < 1.29 is 42.4 Å². The van der Waals surface area contributed by atoms with Gasteiger partial charge in [0.25, 0.3) is 0 Å². The number of hydrogen-bond donors (Lipinski definition) is 5. The summed E-state index contributed by atoms with van der Waals surface area (Å²) in [6.07, 6.45) is -7.94. The highest BCUT2D eigenvalue weighted by Gasteiger charge is 2.31. The van der Waals surface area contributed by atoms with Crippen molar-refractivity contribution in [1.29, 1.82) is 0 Å². The maximum absolute atomic E-state index is 10.1. The number of carbonyl (C=O) groups excluding carboxylic acids is 1. The van der Waals surface area contributed by atoms with Crippen LogP contribution in [0, 0.1) is 0 Å². The first-order valence-electron chi connectivity index (χ1n) is 3.98. The highest BCUT2D eigenvalue weighted by molar-refractivity contribution is 7.80. The van der Waals surface area contributed by atoms with E-state index in [1.807, 2.05) is 0 Å². The van der Waals surface area contributed by atoms with E-state index in [1.165, 1.54) is 0 Å². The molecule has 0 fully saturated rings. The van der Waals surface area contributed by atoms with Crippen LogP contribution in [-0.2, 0) is 19.4 Å². The second-order valence-electron chi connectivity index (χ2n) is 2.89. The molecular weight excluding hydrogens is 248 g/mol. The van der Waals surface area contributed by atoms with Crippen LogP contribution in [0.15, 0.2) is 0 Å². The summed E-state index contributed by atoms with van der Waals surface area (Å²) in [5, 5.41) is 36.0. The normalized spacial score (nSPS) is 19.8. The first-order chi connectivity index (χ1) is 7.19. The molecule has 0 aliphatic heterocycles. The molecule has 9 nitrogen and oxygen atoms in total. The third kappa shape index (κ3) is 5.46. The molecule has 0 aliphatic rings. The lowest BCUT2D eigenvalue weighted by atomic mass is 10.0. The molecule has 0 saturated carbocycles. The summed E-state index contributed by atoms with van der Waals surface area (Å²) in [7, 11) is -4.79. The molecular formula is C6H12O9S. The van der Waals surface area contributed by atoms with Crippen LogP contribution in [0.2, 0.25) is 0 Å². The molecule has 0 spiro atoms. The monoisotopic (exact) mass is 260 g/mol. The minimum Gasteiger partial charge on any atom is -0.388 e. The topological polar surface area (TPSA) is 162 Å². The highest BCUT2D eigenvalue weighted by atomic mass is 32.3. The van der Waals surface area contributed by atoms with Gasteiger partial charge in [0.1, 0.15) is 24.4 Å². The van der Waals surface area contributed by atoms with Crippen LogP contribution in [0.3, 0.4) is 0 Å². The zero-order valence-corrected chi connectivity index (χ0v) is 8.69. The maximum Gasteiger partial charge on any atom is 0.397 e. The van der Waals surface area contributed by atoms with E-state index in [-0.39, 0.29) is 6.29 Å². The fourth-order valence-electron chi connectivity index (χ4n) is 0.764. The molecule has 0 aromatic rings. The molecule has 0 aromatic carbocycles. The first-order valence-corrected chi connectivity index (χ1v) is 5.35. The molecule has 0 aromatic heterocycles. The second-order valence-corrected chi connectivity index (χ2v) is 3.98. The molecule has 0 saturated heterocycles. The van der Waals surface area contributed by atoms with E-state index in [4.69, 9.17) is 25.0 Å².